The van der Waals surface area contributed by atoms with Gasteiger partial charge in [0.1, 0.15) is 0 Å². The van der Waals surface area contributed by atoms with Gasteiger partial charge in [-0.05, 0) is 19.1 Å². The highest BCUT2D eigenvalue weighted by Crippen LogP contribution is 2.34. The van der Waals surface area contributed by atoms with Crippen LogP contribution in [0.5, 0.6) is 5.88 Å². The van der Waals surface area contributed by atoms with Crippen molar-refractivity contribution in [1.82, 2.24) is 4.57 Å². The van der Waals surface area contributed by atoms with Gasteiger partial charge in [0.15, 0.2) is 11.0 Å². The molecule has 0 saturated carbocycles. The highest BCUT2D eigenvalue weighted by Gasteiger charge is 2.36. The number of hydrogen-bond donors (Lipinski definition) is 0. The average Bonchev–Trinajstić information content (AvgIpc) is 2.75. The van der Waals surface area contributed by atoms with Gasteiger partial charge in [-0.2, -0.15) is 0 Å². The van der Waals surface area contributed by atoms with Crippen molar-refractivity contribution in [2.45, 2.75) is 18.9 Å². The predicted molar refractivity (Wildman–Crippen MR) is 70.8 cm³/mol. The van der Waals surface area contributed by atoms with Gasteiger partial charge in [-0.15, -0.1) is 6.42 Å². The summed E-state index contributed by atoms with van der Waals surface area (Å²) in [6.07, 6.45) is 5.96. The summed E-state index contributed by atoms with van der Waals surface area (Å²) in [4.78, 5) is 12.4. The van der Waals surface area contributed by atoms with Gasteiger partial charge in [-0.3, -0.25) is 4.79 Å². The van der Waals surface area contributed by atoms with E-state index >= 15 is 0 Å². The molecule has 2 heterocycles. The Labute approximate surface area is 105 Å². The van der Waals surface area contributed by atoms with E-state index in [1.54, 1.807) is 0 Å². The molecule has 1 aromatic carbocycles. The number of benzene rings is 1. The van der Waals surface area contributed by atoms with Crippen LogP contribution in [-0.2, 0) is 13.5 Å². The standard InChI is InChI=1S/C15H13NO2/c1-4-15(2)9-11-13(17)10-7-5-6-8-12(10)16(3)14(11)18-15/h1,5-8H,9H2,2-3H3. The second-order valence-corrected chi connectivity index (χ2v) is 4.84. The molecule has 0 bridgehead atoms. The van der Waals surface area contributed by atoms with E-state index in [-0.39, 0.29) is 5.43 Å². The molecular weight excluding hydrogens is 226 g/mol. The Morgan fingerprint density at radius 3 is 2.89 bits per heavy atom. The lowest BCUT2D eigenvalue weighted by Crippen LogP contribution is -2.28. The van der Waals surface area contributed by atoms with Crippen LogP contribution in [0.3, 0.4) is 0 Å². The van der Waals surface area contributed by atoms with E-state index < -0.39 is 5.60 Å². The molecule has 2 aromatic rings. The lowest BCUT2D eigenvalue weighted by atomic mass is 10.00. The Morgan fingerprint density at radius 2 is 2.17 bits per heavy atom. The smallest absolute Gasteiger partial charge is 0.202 e. The molecule has 1 aliphatic heterocycles. The van der Waals surface area contributed by atoms with Crippen LogP contribution in [0.25, 0.3) is 10.9 Å². The van der Waals surface area contributed by atoms with E-state index in [1.165, 1.54) is 0 Å². The highest BCUT2D eigenvalue weighted by molar-refractivity contribution is 5.81. The van der Waals surface area contributed by atoms with Gasteiger partial charge in [0.05, 0.1) is 11.1 Å². The fourth-order valence-electron chi connectivity index (χ4n) is 2.48. The molecule has 0 amide bonds. The zero-order chi connectivity index (χ0) is 12.9. The van der Waals surface area contributed by atoms with Gasteiger partial charge in [0.25, 0.3) is 0 Å². The minimum Gasteiger partial charge on any atom is -0.459 e. The van der Waals surface area contributed by atoms with Crippen LogP contribution in [0.2, 0.25) is 0 Å². The summed E-state index contributed by atoms with van der Waals surface area (Å²) in [6.45, 7) is 1.83. The summed E-state index contributed by atoms with van der Waals surface area (Å²) in [7, 11) is 1.89. The predicted octanol–water partition coefficient (Wildman–Crippen LogP) is 1.87. The maximum atomic E-state index is 12.4. The second-order valence-electron chi connectivity index (χ2n) is 4.84. The molecular formula is C15H13NO2. The first-order valence-electron chi connectivity index (χ1n) is 5.83. The maximum Gasteiger partial charge on any atom is 0.202 e. The van der Waals surface area contributed by atoms with Crippen molar-refractivity contribution in [2.24, 2.45) is 7.05 Å². The molecule has 0 fully saturated rings. The molecule has 3 nitrogen and oxygen atoms in total. The van der Waals surface area contributed by atoms with E-state index in [0.29, 0.717) is 23.3 Å². The third-order valence-corrected chi connectivity index (χ3v) is 3.49. The molecule has 3 heteroatoms. The molecule has 3 rings (SSSR count). The maximum absolute atomic E-state index is 12.4. The van der Waals surface area contributed by atoms with Crippen LogP contribution in [0.15, 0.2) is 29.1 Å². The number of nitrogens with zero attached hydrogens (tertiary/aromatic N) is 1. The van der Waals surface area contributed by atoms with Gasteiger partial charge in [0.2, 0.25) is 5.88 Å². The Bertz CT molecular complexity index is 751. The number of pyridine rings is 1. The molecule has 1 atom stereocenters. The Balaban J connectivity index is 2.40. The van der Waals surface area contributed by atoms with Crippen LogP contribution in [-0.4, -0.2) is 10.2 Å². The molecule has 0 N–H and O–H groups in total. The van der Waals surface area contributed by atoms with Gasteiger partial charge >= 0.3 is 0 Å². The van der Waals surface area contributed by atoms with Crippen molar-refractivity contribution < 1.29 is 4.74 Å². The first-order valence-corrected chi connectivity index (χ1v) is 5.83. The molecule has 0 saturated heterocycles. The first kappa shape index (κ1) is 10.9. The van der Waals surface area contributed by atoms with Crippen molar-refractivity contribution in [2.75, 3.05) is 0 Å². The summed E-state index contributed by atoms with van der Waals surface area (Å²) in [6, 6.07) is 7.52. The molecule has 0 aliphatic carbocycles. The van der Waals surface area contributed by atoms with Crippen molar-refractivity contribution in [1.29, 1.82) is 0 Å². The molecule has 0 radical (unpaired) electrons. The van der Waals surface area contributed by atoms with Gasteiger partial charge in [-0.1, -0.05) is 18.1 Å². The molecule has 18 heavy (non-hydrogen) atoms. The second kappa shape index (κ2) is 3.39. The van der Waals surface area contributed by atoms with Crippen molar-refractivity contribution in [3.05, 3.63) is 40.1 Å². The monoisotopic (exact) mass is 239 g/mol. The van der Waals surface area contributed by atoms with Crippen LogP contribution in [0.1, 0.15) is 12.5 Å². The molecule has 90 valence electrons. The SMILES string of the molecule is C#CC1(C)Cc2c(n(C)c3ccccc3c2=O)O1. The van der Waals surface area contributed by atoms with E-state index in [0.717, 1.165) is 5.52 Å². The zero-order valence-electron chi connectivity index (χ0n) is 10.4. The van der Waals surface area contributed by atoms with Crippen LogP contribution in [0.4, 0.5) is 0 Å². The van der Waals surface area contributed by atoms with Crippen molar-refractivity contribution >= 4 is 10.9 Å². The van der Waals surface area contributed by atoms with E-state index in [9.17, 15) is 4.79 Å². The summed E-state index contributed by atoms with van der Waals surface area (Å²) >= 11 is 0. The number of aromatic nitrogens is 1. The quantitative estimate of drug-likeness (QED) is 0.657. The topological polar surface area (TPSA) is 31.2 Å². The van der Waals surface area contributed by atoms with Crippen LogP contribution >= 0.6 is 0 Å². The lowest BCUT2D eigenvalue weighted by molar-refractivity contribution is 0.170. The average molecular weight is 239 g/mol. The number of ether oxygens (including phenoxy) is 1. The van der Waals surface area contributed by atoms with Gasteiger partial charge < -0.3 is 9.30 Å². The van der Waals surface area contributed by atoms with Crippen molar-refractivity contribution in [3.8, 4) is 18.2 Å². The number of rotatable bonds is 0. The largest absolute Gasteiger partial charge is 0.459 e. The summed E-state index contributed by atoms with van der Waals surface area (Å²) in [5, 5.41) is 0.712. The lowest BCUT2D eigenvalue weighted by Gasteiger charge is -2.17. The minimum absolute atomic E-state index is 0.0256. The first-order chi connectivity index (χ1) is 8.56. The van der Waals surface area contributed by atoms with E-state index in [1.807, 2.05) is 42.8 Å². The number of para-hydroxylation sites is 1. The fraction of sp³-hybridized carbons (Fsp3) is 0.267. The molecule has 1 aliphatic rings. The van der Waals surface area contributed by atoms with Crippen LogP contribution < -0.4 is 10.2 Å². The fourth-order valence-corrected chi connectivity index (χ4v) is 2.48. The van der Waals surface area contributed by atoms with Crippen molar-refractivity contribution in [3.63, 3.8) is 0 Å². The van der Waals surface area contributed by atoms with E-state index in [4.69, 9.17) is 11.2 Å². The van der Waals surface area contributed by atoms with Gasteiger partial charge in [-0.25, -0.2) is 0 Å². The molecule has 0 spiro atoms. The summed E-state index contributed by atoms with van der Waals surface area (Å²) < 4.78 is 7.69. The number of aryl methyl sites for hydroxylation is 1. The van der Waals surface area contributed by atoms with E-state index in [2.05, 4.69) is 5.92 Å². The van der Waals surface area contributed by atoms with Crippen LogP contribution in [0, 0.1) is 12.3 Å². The third kappa shape index (κ3) is 1.29. The molecule has 1 unspecified atom stereocenters. The Kier molecular flexibility index (Phi) is 2.06. The number of fused-ring (bicyclic) bond motifs is 2. The van der Waals surface area contributed by atoms with Gasteiger partial charge in [0, 0.05) is 18.9 Å². The number of terminal acetylenes is 1. The Hall–Kier alpha value is -2.21. The third-order valence-electron chi connectivity index (χ3n) is 3.49. The minimum atomic E-state index is -0.712. The zero-order valence-corrected chi connectivity index (χ0v) is 10.4. The normalized spacial score (nSPS) is 21.4. The summed E-state index contributed by atoms with van der Waals surface area (Å²) in [5.74, 6) is 3.22. The highest BCUT2D eigenvalue weighted by atomic mass is 16.5. The molecule has 1 aromatic heterocycles. The summed E-state index contributed by atoms with van der Waals surface area (Å²) in [5.41, 5.74) is 0.855. The number of hydrogen-bond acceptors (Lipinski definition) is 2. The Morgan fingerprint density at radius 1 is 1.44 bits per heavy atom.